The molecule has 512 valence electrons. The monoisotopic (exact) mass is 1340 g/mol. The third-order valence-electron chi connectivity index (χ3n) is 16.4. The van der Waals surface area contributed by atoms with Crippen molar-refractivity contribution < 1.29 is 46.6 Å². The molecule has 98 heavy (non-hydrogen) atoms. The smallest absolute Gasteiger partial charge is 0.494 e. The third-order valence-corrected chi connectivity index (χ3v) is 17.7. The van der Waals surface area contributed by atoms with Crippen LogP contribution >= 0.6 is 7.82 Å². The fourth-order valence-corrected chi connectivity index (χ4v) is 12.8. The molecule has 0 heterocycles. The normalized spacial score (nSPS) is 12.4. The Balaban J connectivity index is 1.11. The van der Waals surface area contributed by atoms with Gasteiger partial charge in [-0.15, -0.1) is 0 Å². The molecule has 0 atom stereocenters. The Morgan fingerprint density at radius 1 is 0.255 bits per heavy atom. The van der Waals surface area contributed by atoms with Gasteiger partial charge in [0.25, 0.3) is 0 Å². The van der Waals surface area contributed by atoms with Crippen LogP contribution in [0, 0.1) is 0 Å². The molecule has 9 aromatic carbocycles. The first-order valence-corrected chi connectivity index (χ1v) is 35.6. The van der Waals surface area contributed by atoms with Crippen LogP contribution in [0.15, 0.2) is 218 Å². The first-order valence-electron chi connectivity index (χ1n) is 34.1. The van der Waals surface area contributed by atoms with Crippen LogP contribution in [0.4, 0.5) is 0 Å². The fraction of sp³-hybridized carbons (Fsp3) is 0.286. The van der Waals surface area contributed by atoms with Crippen molar-refractivity contribution in [3.05, 3.63) is 268 Å². The highest BCUT2D eigenvalue weighted by Gasteiger charge is 2.34. The van der Waals surface area contributed by atoms with Gasteiger partial charge >= 0.3 is 7.82 Å². The van der Waals surface area contributed by atoms with Crippen LogP contribution in [0.25, 0.3) is 33.4 Å². The molecule has 0 unspecified atom stereocenters. The molecule has 0 amide bonds. The van der Waals surface area contributed by atoms with Gasteiger partial charge < -0.3 is 56.7 Å². The Labute approximate surface area is 582 Å². The SMILES string of the molecule is CCOc1ccc(/C(CC)=C(/c2ccc(OCCN(C)C)cc2)c2ccc(OP(=O)(Oc3ccc(/C(=C(/CC)c4ccc(OCC)cc4)c4ccc(OCCN(C)C)cc4)cc3)Oc3ccc(/C(=C(/CC)c4ccc(OCC)cc4)c4ccc(OCCN(C)C)cc4)cc3)cc2)cc1. The molecule has 13 nitrogen and oxygen atoms in total. The van der Waals surface area contributed by atoms with Gasteiger partial charge in [-0.05, 0) is 275 Å². The van der Waals surface area contributed by atoms with E-state index in [0.717, 1.165) is 157 Å². The van der Waals surface area contributed by atoms with Gasteiger partial charge in [-0.25, -0.2) is 0 Å². The molecule has 0 saturated carbocycles. The van der Waals surface area contributed by atoms with Gasteiger partial charge in [-0.3, -0.25) is 0 Å². The van der Waals surface area contributed by atoms with Crippen LogP contribution in [0.3, 0.4) is 0 Å². The molecule has 0 aliphatic rings. The van der Waals surface area contributed by atoms with Gasteiger partial charge in [0.2, 0.25) is 0 Å². The summed E-state index contributed by atoms with van der Waals surface area (Å²) in [6.07, 6.45) is 2.18. The van der Waals surface area contributed by atoms with Crippen molar-refractivity contribution >= 4 is 41.3 Å². The number of rotatable bonds is 36. The maximum absolute atomic E-state index is 15.9. The zero-order chi connectivity index (χ0) is 69.4. The number of phosphoric acid groups is 1. The first kappa shape index (κ1) is 72.8. The molecule has 9 aromatic rings. The van der Waals surface area contributed by atoms with E-state index >= 15 is 4.57 Å². The summed E-state index contributed by atoms with van der Waals surface area (Å²) >= 11 is 0. The minimum absolute atomic E-state index is 0.276. The standard InChI is InChI=1S/C84H96N3O10P/c1-13-79(61-19-37-70(38-20-61)89-16-4)82(64-25-43-73(44-26-64)92-58-55-85(7)8)67-31-49-76(50-32-67)95-98(88,96-77-51-33-68(34-52-77)83(65-27-45-74(46-28-65)93-59-56-86(9)10)80(14-2)62-21-39-71(40-22-62)90-17-5)97-78-53-35-69(36-54-78)84(66-29-47-75(48-30-66)94-60-57-87(11)12)81(15-3)63-23-41-72(42-24-63)91-18-6/h19-54H,13-18,55-60H2,1-12H3/b82-79-,83-80-,84-81-. The second-order valence-electron chi connectivity index (χ2n) is 24.3. The number of nitrogens with zero attached hydrogens (tertiary/aromatic N) is 3. The molecular formula is C84H96N3O10P. The van der Waals surface area contributed by atoms with Crippen LogP contribution in [-0.2, 0) is 4.57 Å². The lowest BCUT2D eigenvalue weighted by molar-refractivity contribution is 0.261. The van der Waals surface area contributed by atoms with Crippen LogP contribution in [0.5, 0.6) is 51.7 Å². The number of hydrogen-bond acceptors (Lipinski definition) is 13. The molecular weight excluding hydrogens is 1240 g/mol. The summed E-state index contributed by atoms with van der Waals surface area (Å²) in [6, 6.07) is 72.2. The molecule has 0 fully saturated rings. The molecule has 0 aliphatic carbocycles. The minimum atomic E-state index is -4.61. The van der Waals surface area contributed by atoms with Crippen molar-refractivity contribution in [2.75, 3.05) is 102 Å². The maximum atomic E-state index is 15.9. The number of phosphoric ester groups is 1. The summed E-state index contributed by atoms with van der Waals surface area (Å²) in [5, 5.41) is 0. The number of ether oxygens (including phenoxy) is 6. The van der Waals surface area contributed by atoms with Gasteiger partial charge in [-0.1, -0.05) is 130 Å². The van der Waals surface area contributed by atoms with Gasteiger partial charge in [0.15, 0.2) is 0 Å². The second kappa shape index (κ2) is 36.2. The van der Waals surface area contributed by atoms with Gasteiger partial charge in [0.1, 0.15) is 71.6 Å². The molecule has 0 N–H and O–H groups in total. The largest absolute Gasteiger partial charge is 0.647 e. The highest BCUT2D eigenvalue weighted by Crippen LogP contribution is 2.51. The van der Waals surface area contributed by atoms with E-state index in [2.05, 4.69) is 108 Å². The summed E-state index contributed by atoms with van der Waals surface area (Å²) in [4.78, 5) is 6.29. The Bertz CT molecular complexity index is 3650. The number of likely N-dealkylation sites (N-methyl/N-ethyl adjacent to an activating group) is 3. The summed E-state index contributed by atoms with van der Waals surface area (Å²) < 4.78 is 71.7. The van der Waals surface area contributed by atoms with Crippen molar-refractivity contribution in [1.82, 2.24) is 14.7 Å². The van der Waals surface area contributed by atoms with E-state index in [-0.39, 0.29) is 17.2 Å². The van der Waals surface area contributed by atoms with Gasteiger partial charge in [-0.2, -0.15) is 4.57 Å². The van der Waals surface area contributed by atoms with E-state index in [1.54, 1.807) is 0 Å². The second-order valence-corrected chi connectivity index (χ2v) is 25.8. The molecule has 0 radical (unpaired) electrons. The van der Waals surface area contributed by atoms with E-state index in [1.165, 1.54) is 0 Å². The quantitative estimate of drug-likeness (QED) is 0.0275. The summed E-state index contributed by atoms with van der Waals surface area (Å²) in [7, 11) is 7.58. The Kier molecular flexibility index (Phi) is 26.9. The van der Waals surface area contributed by atoms with Crippen molar-refractivity contribution in [2.45, 2.75) is 60.8 Å². The van der Waals surface area contributed by atoms with Crippen molar-refractivity contribution in [3.63, 3.8) is 0 Å². The lowest BCUT2D eigenvalue weighted by atomic mass is 9.88. The molecule has 0 bridgehead atoms. The van der Waals surface area contributed by atoms with Crippen LogP contribution < -0.4 is 42.0 Å². The van der Waals surface area contributed by atoms with Crippen molar-refractivity contribution in [1.29, 1.82) is 0 Å². The molecule has 9 rings (SSSR count). The average molecular weight is 1340 g/mol. The average Bonchev–Trinajstić information content (AvgIpc) is 0.806. The fourth-order valence-electron chi connectivity index (χ4n) is 11.6. The van der Waals surface area contributed by atoms with Gasteiger partial charge in [0.05, 0.1) is 19.8 Å². The number of benzene rings is 9. The summed E-state index contributed by atoms with van der Waals surface area (Å²) in [5.41, 5.74) is 15.4. The Morgan fingerprint density at radius 3 is 0.602 bits per heavy atom. The third kappa shape index (κ3) is 20.3. The molecule has 14 heteroatoms. The highest BCUT2D eigenvalue weighted by molar-refractivity contribution is 7.49. The molecule has 0 aliphatic heterocycles. The van der Waals surface area contributed by atoms with Crippen LogP contribution in [0.2, 0.25) is 0 Å². The lowest BCUT2D eigenvalue weighted by Crippen LogP contribution is -2.19. The minimum Gasteiger partial charge on any atom is -0.494 e. The topological polar surface area (TPSA) is 110 Å². The summed E-state index contributed by atoms with van der Waals surface area (Å²) in [5.74, 6) is 5.61. The van der Waals surface area contributed by atoms with E-state index < -0.39 is 7.82 Å². The van der Waals surface area contributed by atoms with E-state index in [1.807, 2.05) is 209 Å². The Hall–Kier alpha value is -9.49. The van der Waals surface area contributed by atoms with E-state index in [4.69, 9.17) is 42.0 Å². The number of hydrogen-bond donors (Lipinski definition) is 0. The molecule has 0 aromatic heterocycles. The maximum Gasteiger partial charge on any atom is 0.647 e. The molecule has 0 saturated heterocycles. The van der Waals surface area contributed by atoms with Gasteiger partial charge in [0, 0.05) is 19.6 Å². The zero-order valence-electron chi connectivity index (χ0n) is 59.1. The predicted molar refractivity (Wildman–Crippen MR) is 402 cm³/mol. The predicted octanol–water partition coefficient (Wildman–Crippen LogP) is 19.5. The lowest BCUT2D eigenvalue weighted by Gasteiger charge is -2.21. The van der Waals surface area contributed by atoms with Crippen molar-refractivity contribution in [3.8, 4) is 51.7 Å². The molecule has 0 spiro atoms. The zero-order valence-corrected chi connectivity index (χ0v) is 60.0. The van der Waals surface area contributed by atoms with E-state index in [9.17, 15) is 0 Å². The first-order chi connectivity index (χ1) is 47.6. The number of allylic oxidation sites excluding steroid dienone is 3. The van der Waals surface area contributed by atoms with Crippen LogP contribution in [0.1, 0.15) is 111 Å². The summed E-state index contributed by atoms with van der Waals surface area (Å²) in [6.45, 7) is 18.2. The van der Waals surface area contributed by atoms with Crippen LogP contribution in [-0.4, -0.2) is 116 Å². The van der Waals surface area contributed by atoms with E-state index in [0.29, 0.717) is 39.6 Å². The van der Waals surface area contributed by atoms with Crippen molar-refractivity contribution in [2.24, 2.45) is 0 Å². The highest BCUT2D eigenvalue weighted by atomic mass is 31.2. The Morgan fingerprint density at radius 2 is 0.429 bits per heavy atom.